The van der Waals surface area contributed by atoms with E-state index in [-0.39, 0.29) is 5.54 Å². The molecular weight excluding hydrogens is 248 g/mol. The molecule has 108 valence electrons. The molecule has 0 atom stereocenters. The SMILES string of the molecule is CCC1(CC)Cc2ccccc2C(N2CCOCC2)=N1. The molecule has 0 aliphatic carbocycles. The quantitative estimate of drug-likeness (QED) is 0.827. The van der Waals surface area contributed by atoms with E-state index in [2.05, 4.69) is 43.0 Å². The summed E-state index contributed by atoms with van der Waals surface area (Å²) in [6, 6.07) is 8.76. The molecule has 20 heavy (non-hydrogen) atoms. The predicted octanol–water partition coefficient (Wildman–Crippen LogP) is 2.88. The highest BCUT2D eigenvalue weighted by Gasteiger charge is 2.34. The molecule has 0 aromatic heterocycles. The van der Waals surface area contributed by atoms with Crippen molar-refractivity contribution in [3.63, 3.8) is 0 Å². The van der Waals surface area contributed by atoms with Gasteiger partial charge in [-0.1, -0.05) is 38.1 Å². The van der Waals surface area contributed by atoms with E-state index in [1.54, 1.807) is 0 Å². The summed E-state index contributed by atoms with van der Waals surface area (Å²) in [5.41, 5.74) is 2.86. The van der Waals surface area contributed by atoms with Crippen molar-refractivity contribution < 1.29 is 4.74 Å². The van der Waals surface area contributed by atoms with Crippen LogP contribution in [0, 0.1) is 0 Å². The maximum Gasteiger partial charge on any atom is 0.131 e. The van der Waals surface area contributed by atoms with Gasteiger partial charge in [0.05, 0.1) is 18.8 Å². The molecule has 3 rings (SSSR count). The Labute approximate surface area is 121 Å². The van der Waals surface area contributed by atoms with E-state index in [0.717, 1.165) is 45.6 Å². The highest BCUT2D eigenvalue weighted by molar-refractivity contribution is 6.01. The van der Waals surface area contributed by atoms with Gasteiger partial charge >= 0.3 is 0 Å². The van der Waals surface area contributed by atoms with E-state index in [9.17, 15) is 0 Å². The topological polar surface area (TPSA) is 24.8 Å². The molecular formula is C17H24N2O. The molecule has 0 N–H and O–H groups in total. The Balaban J connectivity index is 2.03. The summed E-state index contributed by atoms with van der Waals surface area (Å²) >= 11 is 0. The van der Waals surface area contributed by atoms with Crippen molar-refractivity contribution in [1.82, 2.24) is 4.90 Å². The zero-order chi connectivity index (χ0) is 14.0. The Morgan fingerprint density at radius 2 is 1.85 bits per heavy atom. The Kier molecular flexibility index (Phi) is 3.79. The van der Waals surface area contributed by atoms with Crippen molar-refractivity contribution in [1.29, 1.82) is 0 Å². The second-order valence-electron chi connectivity index (χ2n) is 5.80. The second-order valence-corrected chi connectivity index (χ2v) is 5.80. The normalized spacial score (nSPS) is 21.3. The van der Waals surface area contributed by atoms with E-state index in [1.807, 2.05) is 0 Å². The number of morpholine rings is 1. The van der Waals surface area contributed by atoms with Crippen molar-refractivity contribution in [2.45, 2.75) is 38.6 Å². The van der Waals surface area contributed by atoms with Crippen LogP contribution < -0.4 is 0 Å². The zero-order valence-electron chi connectivity index (χ0n) is 12.6. The number of hydrogen-bond acceptors (Lipinski definition) is 3. The second kappa shape index (κ2) is 5.57. The fourth-order valence-electron chi connectivity index (χ4n) is 3.25. The molecule has 0 unspecified atom stereocenters. The Morgan fingerprint density at radius 1 is 1.15 bits per heavy atom. The van der Waals surface area contributed by atoms with Crippen molar-refractivity contribution >= 4 is 5.84 Å². The summed E-state index contributed by atoms with van der Waals surface area (Å²) in [6.45, 7) is 8.06. The molecule has 3 heteroatoms. The Morgan fingerprint density at radius 3 is 2.55 bits per heavy atom. The van der Waals surface area contributed by atoms with Gasteiger partial charge in [-0.15, -0.1) is 0 Å². The summed E-state index contributed by atoms with van der Waals surface area (Å²) in [7, 11) is 0. The Bertz CT molecular complexity index is 499. The van der Waals surface area contributed by atoms with Crippen LogP contribution in [-0.2, 0) is 11.2 Å². The number of ether oxygens (including phenoxy) is 1. The first kappa shape index (κ1) is 13.6. The Hall–Kier alpha value is -1.35. The van der Waals surface area contributed by atoms with Crippen LogP contribution >= 0.6 is 0 Å². The third kappa shape index (κ3) is 2.35. The predicted molar refractivity (Wildman–Crippen MR) is 82.4 cm³/mol. The van der Waals surface area contributed by atoms with Crippen LogP contribution in [0.3, 0.4) is 0 Å². The molecule has 0 saturated carbocycles. The molecule has 0 bridgehead atoms. The number of amidine groups is 1. The zero-order valence-corrected chi connectivity index (χ0v) is 12.6. The van der Waals surface area contributed by atoms with Crippen LogP contribution in [0.4, 0.5) is 0 Å². The van der Waals surface area contributed by atoms with E-state index in [4.69, 9.17) is 9.73 Å². The lowest BCUT2D eigenvalue weighted by molar-refractivity contribution is 0.0675. The third-order valence-corrected chi connectivity index (χ3v) is 4.75. The number of nitrogens with zero attached hydrogens (tertiary/aromatic N) is 2. The number of benzene rings is 1. The summed E-state index contributed by atoms with van der Waals surface area (Å²) in [4.78, 5) is 7.61. The standard InChI is InChI=1S/C17H24N2O/c1-3-17(4-2)13-14-7-5-6-8-15(14)16(18-17)19-9-11-20-12-10-19/h5-8H,3-4,9-13H2,1-2H3. The third-order valence-electron chi connectivity index (χ3n) is 4.75. The van der Waals surface area contributed by atoms with E-state index < -0.39 is 0 Å². The molecule has 1 saturated heterocycles. The van der Waals surface area contributed by atoms with Gasteiger partial charge in [0.1, 0.15) is 5.84 Å². The summed E-state index contributed by atoms with van der Waals surface area (Å²) in [6.07, 6.45) is 3.28. The minimum Gasteiger partial charge on any atom is -0.378 e. The lowest BCUT2D eigenvalue weighted by Crippen LogP contribution is -2.46. The van der Waals surface area contributed by atoms with Gasteiger partial charge < -0.3 is 9.64 Å². The van der Waals surface area contributed by atoms with Gasteiger partial charge in [-0.25, -0.2) is 0 Å². The first-order valence-electron chi connectivity index (χ1n) is 7.79. The molecule has 1 aromatic rings. The largest absolute Gasteiger partial charge is 0.378 e. The van der Waals surface area contributed by atoms with Crippen molar-refractivity contribution in [3.8, 4) is 0 Å². The number of hydrogen-bond donors (Lipinski definition) is 0. The lowest BCUT2D eigenvalue weighted by Gasteiger charge is -2.39. The molecule has 2 heterocycles. The van der Waals surface area contributed by atoms with Crippen LogP contribution in [0.1, 0.15) is 37.8 Å². The maximum atomic E-state index is 5.49. The highest BCUT2D eigenvalue weighted by atomic mass is 16.5. The number of fused-ring (bicyclic) bond motifs is 1. The number of rotatable bonds is 2. The van der Waals surface area contributed by atoms with Gasteiger partial charge in [-0.3, -0.25) is 4.99 Å². The molecule has 0 spiro atoms. The summed E-state index contributed by atoms with van der Waals surface area (Å²) in [5, 5.41) is 0. The van der Waals surface area contributed by atoms with Crippen LogP contribution in [0.2, 0.25) is 0 Å². The minimum atomic E-state index is 0.0853. The van der Waals surface area contributed by atoms with Gasteiger partial charge in [0.15, 0.2) is 0 Å². The van der Waals surface area contributed by atoms with Gasteiger partial charge in [-0.2, -0.15) is 0 Å². The molecule has 2 aliphatic rings. The molecule has 1 fully saturated rings. The van der Waals surface area contributed by atoms with Gasteiger partial charge in [0.25, 0.3) is 0 Å². The van der Waals surface area contributed by atoms with Gasteiger partial charge in [-0.05, 0) is 24.8 Å². The van der Waals surface area contributed by atoms with Crippen molar-refractivity contribution in [3.05, 3.63) is 35.4 Å². The average Bonchev–Trinajstić information content (AvgIpc) is 2.54. The summed E-state index contributed by atoms with van der Waals surface area (Å²) in [5.74, 6) is 1.19. The van der Waals surface area contributed by atoms with Crippen molar-refractivity contribution in [2.75, 3.05) is 26.3 Å². The van der Waals surface area contributed by atoms with Crippen LogP contribution in [0.15, 0.2) is 29.3 Å². The van der Waals surface area contributed by atoms with Crippen LogP contribution in [0.5, 0.6) is 0 Å². The minimum absolute atomic E-state index is 0.0853. The fourth-order valence-corrected chi connectivity index (χ4v) is 3.25. The number of aliphatic imine (C=N–C) groups is 1. The maximum absolute atomic E-state index is 5.49. The summed E-state index contributed by atoms with van der Waals surface area (Å²) < 4.78 is 5.49. The molecule has 1 aromatic carbocycles. The lowest BCUT2D eigenvalue weighted by atomic mass is 9.82. The van der Waals surface area contributed by atoms with E-state index >= 15 is 0 Å². The molecule has 0 amide bonds. The monoisotopic (exact) mass is 272 g/mol. The highest BCUT2D eigenvalue weighted by Crippen LogP contribution is 2.33. The van der Waals surface area contributed by atoms with Gasteiger partial charge in [0.2, 0.25) is 0 Å². The molecule has 0 radical (unpaired) electrons. The van der Waals surface area contributed by atoms with E-state index in [0.29, 0.717) is 0 Å². The van der Waals surface area contributed by atoms with Gasteiger partial charge in [0, 0.05) is 18.7 Å². The van der Waals surface area contributed by atoms with E-state index in [1.165, 1.54) is 17.0 Å². The smallest absolute Gasteiger partial charge is 0.131 e. The van der Waals surface area contributed by atoms with Crippen LogP contribution in [-0.4, -0.2) is 42.6 Å². The van der Waals surface area contributed by atoms with Crippen molar-refractivity contribution in [2.24, 2.45) is 4.99 Å². The first-order chi connectivity index (χ1) is 9.78. The fraction of sp³-hybridized carbons (Fsp3) is 0.588. The average molecular weight is 272 g/mol. The molecule has 2 aliphatic heterocycles. The first-order valence-corrected chi connectivity index (χ1v) is 7.79. The molecule has 3 nitrogen and oxygen atoms in total. The van der Waals surface area contributed by atoms with Crippen LogP contribution in [0.25, 0.3) is 0 Å².